The lowest BCUT2D eigenvalue weighted by molar-refractivity contribution is 0.988. The van der Waals surface area contributed by atoms with Gasteiger partial charge in [0, 0.05) is 38.7 Å². The Kier molecular flexibility index (Phi) is 6.30. The normalized spacial score (nSPS) is 12.8. The predicted octanol–water partition coefficient (Wildman–Crippen LogP) is 12.0. The lowest BCUT2D eigenvalue weighted by Crippen LogP contribution is -2.35. The Morgan fingerprint density at radius 1 is 0.360 bits per heavy atom. The van der Waals surface area contributed by atoms with Crippen molar-refractivity contribution in [2.24, 2.45) is 0 Å². The molecule has 4 heteroatoms. The Bertz CT molecular complexity index is 2740. The van der Waals surface area contributed by atoms with Crippen LogP contribution in [0.1, 0.15) is 11.1 Å². The number of nitrogens with zero attached hydrogens (tertiary/aromatic N) is 4. The fourth-order valence-corrected chi connectivity index (χ4v) is 7.83. The van der Waals surface area contributed by atoms with Crippen LogP contribution in [0.15, 0.2) is 189 Å². The quantitative estimate of drug-likeness (QED) is 0.190. The van der Waals surface area contributed by atoms with Gasteiger partial charge in [-0.15, -0.1) is 0 Å². The molecule has 0 aliphatic carbocycles. The molecule has 7 aromatic carbocycles. The van der Waals surface area contributed by atoms with E-state index in [4.69, 9.17) is 0 Å². The Morgan fingerprint density at radius 3 is 1.42 bits per heavy atom. The summed E-state index contributed by atoms with van der Waals surface area (Å²) in [6.45, 7) is 4.64. The summed E-state index contributed by atoms with van der Waals surface area (Å²) in [5.74, 6) is 0. The number of anilines is 4. The Balaban J connectivity index is 1.29. The van der Waals surface area contributed by atoms with Crippen LogP contribution in [-0.4, -0.2) is 9.13 Å². The standard InChI is InChI=1S/C46H32N4/c1-32-37-23-8-14-29-43(37)49(34-19-6-3-7-20-34)50(44-30-15-9-24-38(32)44)36-22-16-21-35(31-36)48-42-28-13-11-26-40(42)45-39-25-10-12-27-41(39)47(46(45)48)33-17-4-2-5-18-33/h2-31H,1H2. The first-order chi connectivity index (χ1) is 24.8. The third-order valence-corrected chi connectivity index (χ3v) is 9.94. The molecular formula is C46H32N4. The van der Waals surface area contributed by atoms with Crippen molar-refractivity contribution in [3.8, 4) is 11.4 Å². The Morgan fingerprint density at radius 2 is 0.800 bits per heavy atom. The lowest BCUT2D eigenvalue weighted by Gasteiger charge is -2.38. The van der Waals surface area contributed by atoms with Gasteiger partial charge in [0.15, 0.2) is 0 Å². The molecular weight excluding hydrogens is 609 g/mol. The van der Waals surface area contributed by atoms with E-state index in [0.717, 1.165) is 56.5 Å². The molecule has 2 aromatic heterocycles. The maximum absolute atomic E-state index is 4.64. The minimum absolute atomic E-state index is 1.00. The maximum atomic E-state index is 4.64. The lowest BCUT2D eigenvalue weighted by atomic mass is 9.97. The molecule has 1 aliphatic heterocycles. The molecule has 4 nitrogen and oxygen atoms in total. The predicted molar refractivity (Wildman–Crippen MR) is 209 cm³/mol. The Labute approximate surface area is 290 Å². The molecule has 3 heterocycles. The number of rotatable bonds is 4. The molecule has 0 spiro atoms. The summed E-state index contributed by atoms with van der Waals surface area (Å²) in [4.78, 5) is 0. The van der Waals surface area contributed by atoms with E-state index in [9.17, 15) is 0 Å². The van der Waals surface area contributed by atoms with Crippen LogP contribution in [0.25, 0.3) is 49.8 Å². The minimum Gasteiger partial charge on any atom is -0.295 e. The fourth-order valence-electron chi connectivity index (χ4n) is 7.83. The van der Waals surface area contributed by atoms with Crippen molar-refractivity contribution < 1.29 is 0 Å². The van der Waals surface area contributed by atoms with Crippen LogP contribution in [-0.2, 0) is 0 Å². The third-order valence-electron chi connectivity index (χ3n) is 9.94. The zero-order valence-corrected chi connectivity index (χ0v) is 27.3. The first kappa shape index (κ1) is 28.3. The first-order valence-corrected chi connectivity index (χ1v) is 17.0. The van der Waals surface area contributed by atoms with Gasteiger partial charge in [-0.2, -0.15) is 0 Å². The number of para-hydroxylation sites is 6. The van der Waals surface area contributed by atoms with Crippen LogP contribution >= 0.6 is 0 Å². The topological polar surface area (TPSA) is 16.3 Å². The van der Waals surface area contributed by atoms with Gasteiger partial charge in [-0.1, -0.05) is 122 Å². The molecule has 50 heavy (non-hydrogen) atoms. The van der Waals surface area contributed by atoms with E-state index < -0.39 is 0 Å². The molecule has 0 fully saturated rings. The highest BCUT2D eigenvalue weighted by Crippen LogP contribution is 2.48. The van der Waals surface area contributed by atoms with E-state index in [1.54, 1.807) is 0 Å². The van der Waals surface area contributed by atoms with Crippen LogP contribution in [0, 0.1) is 0 Å². The molecule has 10 rings (SSSR count). The summed E-state index contributed by atoms with van der Waals surface area (Å²) in [7, 11) is 0. The molecule has 0 radical (unpaired) electrons. The molecule has 9 aromatic rings. The van der Waals surface area contributed by atoms with E-state index >= 15 is 0 Å². The third kappa shape index (κ3) is 4.12. The van der Waals surface area contributed by atoms with Gasteiger partial charge in [0.1, 0.15) is 5.65 Å². The maximum Gasteiger partial charge on any atom is 0.131 e. The van der Waals surface area contributed by atoms with Gasteiger partial charge in [-0.05, 0) is 72.3 Å². The van der Waals surface area contributed by atoms with Gasteiger partial charge in [-0.25, -0.2) is 10.0 Å². The van der Waals surface area contributed by atoms with Gasteiger partial charge in [0.2, 0.25) is 0 Å². The van der Waals surface area contributed by atoms with E-state index in [-0.39, 0.29) is 0 Å². The van der Waals surface area contributed by atoms with Crippen molar-refractivity contribution in [3.63, 3.8) is 0 Å². The summed E-state index contributed by atoms with van der Waals surface area (Å²) in [5.41, 5.74) is 13.2. The number of fused-ring (bicyclic) bond motifs is 7. The Hall–Kier alpha value is -6.78. The van der Waals surface area contributed by atoms with Crippen LogP contribution in [0.3, 0.4) is 0 Å². The van der Waals surface area contributed by atoms with Gasteiger partial charge < -0.3 is 0 Å². The highest BCUT2D eigenvalue weighted by Gasteiger charge is 2.31. The molecule has 0 saturated carbocycles. The van der Waals surface area contributed by atoms with Crippen LogP contribution in [0.4, 0.5) is 22.7 Å². The molecule has 0 bridgehead atoms. The number of hydrazine groups is 1. The summed E-state index contributed by atoms with van der Waals surface area (Å²) >= 11 is 0. The van der Waals surface area contributed by atoms with E-state index in [2.05, 4.69) is 208 Å². The molecule has 0 unspecified atom stereocenters. The van der Waals surface area contributed by atoms with Gasteiger partial charge in [0.05, 0.1) is 33.8 Å². The number of aromatic nitrogens is 2. The monoisotopic (exact) mass is 640 g/mol. The fraction of sp³-hybridized carbons (Fsp3) is 0. The summed E-state index contributed by atoms with van der Waals surface area (Å²) in [5, 5.41) is 8.40. The van der Waals surface area contributed by atoms with Crippen LogP contribution in [0.5, 0.6) is 0 Å². The first-order valence-electron chi connectivity index (χ1n) is 17.0. The second-order valence-corrected chi connectivity index (χ2v) is 12.7. The zero-order valence-electron chi connectivity index (χ0n) is 27.3. The largest absolute Gasteiger partial charge is 0.295 e. The van der Waals surface area contributed by atoms with Gasteiger partial charge in [-0.3, -0.25) is 9.13 Å². The average molecular weight is 641 g/mol. The van der Waals surface area contributed by atoms with Gasteiger partial charge >= 0.3 is 0 Å². The number of hydrogen-bond donors (Lipinski definition) is 0. The highest BCUT2D eigenvalue weighted by molar-refractivity contribution is 6.22. The zero-order chi connectivity index (χ0) is 33.2. The van der Waals surface area contributed by atoms with Crippen molar-refractivity contribution in [2.75, 3.05) is 10.0 Å². The molecule has 1 aliphatic rings. The SMILES string of the molecule is C=C1c2ccccc2N(c2ccccc2)N(c2cccc(-n3c4ccccc4c4c5ccccc5n(-c5ccccc5)c43)c2)c2ccccc21. The number of hydrogen-bond acceptors (Lipinski definition) is 2. The highest BCUT2D eigenvalue weighted by atomic mass is 15.6. The van der Waals surface area contributed by atoms with E-state index in [1.807, 2.05) is 0 Å². The summed E-state index contributed by atoms with van der Waals surface area (Å²) < 4.78 is 4.85. The average Bonchev–Trinajstić information content (AvgIpc) is 3.66. The molecule has 0 atom stereocenters. The van der Waals surface area contributed by atoms with Crippen molar-refractivity contribution in [1.29, 1.82) is 0 Å². The smallest absolute Gasteiger partial charge is 0.131 e. The molecule has 0 saturated heterocycles. The van der Waals surface area contributed by atoms with Crippen molar-refractivity contribution in [1.82, 2.24) is 9.13 Å². The minimum atomic E-state index is 1.00. The molecule has 0 amide bonds. The van der Waals surface area contributed by atoms with Crippen LogP contribution in [0.2, 0.25) is 0 Å². The van der Waals surface area contributed by atoms with Crippen molar-refractivity contribution >= 4 is 61.2 Å². The second kappa shape index (κ2) is 11.1. The summed E-state index contributed by atoms with van der Waals surface area (Å²) in [6.07, 6.45) is 0. The van der Waals surface area contributed by atoms with Gasteiger partial charge in [0.25, 0.3) is 0 Å². The van der Waals surface area contributed by atoms with Crippen LogP contribution < -0.4 is 10.0 Å². The molecule has 236 valence electrons. The van der Waals surface area contributed by atoms with Crippen molar-refractivity contribution in [2.45, 2.75) is 0 Å². The second-order valence-electron chi connectivity index (χ2n) is 12.7. The summed E-state index contributed by atoms with van der Waals surface area (Å²) in [6, 6.07) is 65.0. The molecule has 0 N–H and O–H groups in total. The van der Waals surface area contributed by atoms with E-state index in [1.165, 1.54) is 27.2 Å². The van der Waals surface area contributed by atoms with E-state index in [0.29, 0.717) is 0 Å². The number of benzene rings is 7. The van der Waals surface area contributed by atoms with Crippen molar-refractivity contribution in [3.05, 3.63) is 200 Å².